The van der Waals surface area contributed by atoms with E-state index in [-0.39, 0.29) is 17.8 Å². The van der Waals surface area contributed by atoms with Crippen LogP contribution in [-0.4, -0.2) is 49.6 Å². The molecule has 0 aromatic rings. The van der Waals surface area contributed by atoms with E-state index in [4.69, 9.17) is 4.74 Å². The van der Waals surface area contributed by atoms with E-state index in [0.717, 1.165) is 19.4 Å². The second kappa shape index (κ2) is 7.27. The van der Waals surface area contributed by atoms with Crippen LogP contribution < -0.4 is 5.32 Å². The molecule has 0 radical (unpaired) electrons. The van der Waals surface area contributed by atoms with Gasteiger partial charge in [-0.15, -0.1) is 0 Å². The Morgan fingerprint density at radius 2 is 2.18 bits per heavy atom. The molecule has 1 aliphatic rings. The Morgan fingerprint density at radius 3 is 2.82 bits per heavy atom. The van der Waals surface area contributed by atoms with Crippen molar-refractivity contribution >= 4 is 11.9 Å². The fourth-order valence-electron chi connectivity index (χ4n) is 2.11. The van der Waals surface area contributed by atoms with Crippen LogP contribution in [0.3, 0.4) is 0 Å². The quantitative estimate of drug-likeness (QED) is 0.709. The number of hydrogen-bond acceptors (Lipinski definition) is 4. The number of carbonyl (C=O) groups excluding carboxylic acids is 2. The molecule has 0 aromatic heterocycles. The highest BCUT2D eigenvalue weighted by molar-refractivity contribution is 5.78. The van der Waals surface area contributed by atoms with Gasteiger partial charge in [0.15, 0.2) is 0 Å². The number of ether oxygens (including phenoxy) is 1. The molecule has 1 saturated heterocycles. The van der Waals surface area contributed by atoms with Crippen molar-refractivity contribution in [2.45, 2.75) is 26.7 Å². The summed E-state index contributed by atoms with van der Waals surface area (Å²) in [6, 6.07) is 0. The van der Waals surface area contributed by atoms with Crippen molar-refractivity contribution in [3.05, 3.63) is 0 Å². The summed E-state index contributed by atoms with van der Waals surface area (Å²) in [6.07, 6.45) is 1.81. The Morgan fingerprint density at radius 1 is 1.41 bits per heavy atom. The first-order valence-electron chi connectivity index (χ1n) is 6.33. The summed E-state index contributed by atoms with van der Waals surface area (Å²) < 4.78 is 5.02. The lowest BCUT2D eigenvalue weighted by molar-refractivity contribution is -0.150. The molecular weight excluding hydrogens is 220 g/mol. The molecule has 1 amide bonds. The third-order valence-corrected chi connectivity index (χ3v) is 2.87. The molecule has 5 heteroatoms. The van der Waals surface area contributed by atoms with Crippen LogP contribution >= 0.6 is 0 Å². The van der Waals surface area contributed by atoms with Gasteiger partial charge in [-0.2, -0.15) is 0 Å². The van der Waals surface area contributed by atoms with Gasteiger partial charge in [-0.1, -0.05) is 0 Å². The normalized spacial score (nSPS) is 20.9. The Bertz CT molecular complexity index is 268. The number of esters is 1. The van der Waals surface area contributed by atoms with Crippen LogP contribution in [0, 0.1) is 5.92 Å². The van der Waals surface area contributed by atoms with Crippen LogP contribution in [0.25, 0.3) is 0 Å². The zero-order valence-corrected chi connectivity index (χ0v) is 10.7. The standard InChI is InChI=1S/C12H22N2O3/c1-3-13-11(15)9-14-7-5-6-10(8-14)12(16)17-4-2/h10H,3-9H2,1-2H3,(H,13,15)/t10-/m1/s1. The topological polar surface area (TPSA) is 58.6 Å². The van der Waals surface area contributed by atoms with E-state index >= 15 is 0 Å². The minimum Gasteiger partial charge on any atom is -0.466 e. The Balaban J connectivity index is 2.38. The van der Waals surface area contributed by atoms with Crippen molar-refractivity contribution in [2.75, 3.05) is 32.8 Å². The van der Waals surface area contributed by atoms with Crippen LogP contribution in [0.1, 0.15) is 26.7 Å². The number of carbonyl (C=O) groups is 2. The minimum absolute atomic E-state index is 0.0250. The lowest BCUT2D eigenvalue weighted by atomic mass is 9.98. The van der Waals surface area contributed by atoms with Crippen molar-refractivity contribution in [3.8, 4) is 0 Å². The summed E-state index contributed by atoms with van der Waals surface area (Å²) in [6.45, 7) is 6.68. The van der Waals surface area contributed by atoms with Crippen LogP contribution in [-0.2, 0) is 14.3 Å². The van der Waals surface area contributed by atoms with Crippen LogP contribution in [0.5, 0.6) is 0 Å². The molecule has 0 unspecified atom stereocenters. The molecule has 98 valence electrons. The maximum Gasteiger partial charge on any atom is 0.310 e. The van der Waals surface area contributed by atoms with Crippen LogP contribution in [0.15, 0.2) is 0 Å². The van der Waals surface area contributed by atoms with Gasteiger partial charge in [0.05, 0.1) is 19.1 Å². The molecule has 0 bridgehead atoms. The van der Waals surface area contributed by atoms with E-state index in [0.29, 0.717) is 26.2 Å². The number of likely N-dealkylation sites (N-methyl/N-ethyl adjacent to an activating group) is 1. The average molecular weight is 242 g/mol. The van der Waals surface area contributed by atoms with Crippen LogP contribution in [0.2, 0.25) is 0 Å². The maximum absolute atomic E-state index is 11.6. The van der Waals surface area contributed by atoms with Crippen molar-refractivity contribution in [2.24, 2.45) is 5.92 Å². The summed E-state index contributed by atoms with van der Waals surface area (Å²) in [7, 11) is 0. The molecule has 1 atom stereocenters. The zero-order chi connectivity index (χ0) is 12.7. The maximum atomic E-state index is 11.6. The lowest BCUT2D eigenvalue weighted by Gasteiger charge is -2.30. The minimum atomic E-state index is -0.131. The number of nitrogens with zero attached hydrogens (tertiary/aromatic N) is 1. The molecule has 0 aliphatic carbocycles. The molecule has 1 rings (SSSR count). The molecule has 0 aromatic carbocycles. The molecular formula is C12H22N2O3. The fourth-order valence-corrected chi connectivity index (χ4v) is 2.11. The van der Waals surface area contributed by atoms with Crippen molar-refractivity contribution in [1.29, 1.82) is 0 Å². The number of nitrogens with one attached hydrogen (secondary N) is 1. The van der Waals surface area contributed by atoms with Gasteiger partial charge in [0.2, 0.25) is 5.91 Å². The van der Waals surface area contributed by atoms with Crippen LogP contribution in [0.4, 0.5) is 0 Å². The Labute approximate surface area is 102 Å². The first-order chi connectivity index (χ1) is 8.17. The molecule has 1 heterocycles. The molecule has 0 saturated carbocycles. The monoisotopic (exact) mass is 242 g/mol. The second-order valence-electron chi connectivity index (χ2n) is 4.28. The van der Waals surface area contributed by atoms with Gasteiger partial charge in [-0.25, -0.2) is 0 Å². The highest BCUT2D eigenvalue weighted by Gasteiger charge is 2.27. The fraction of sp³-hybridized carbons (Fsp3) is 0.833. The second-order valence-corrected chi connectivity index (χ2v) is 4.28. The number of hydrogen-bond donors (Lipinski definition) is 1. The molecule has 1 aliphatic heterocycles. The summed E-state index contributed by atoms with van der Waals surface area (Å²) >= 11 is 0. The summed E-state index contributed by atoms with van der Waals surface area (Å²) in [5, 5.41) is 2.77. The van der Waals surface area contributed by atoms with Gasteiger partial charge in [0.25, 0.3) is 0 Å². The predicted molar refractivity (Wildman–Crippen MR) is 64.5 cm³/mol. The van der Waals surface area contributed by atoms with Gasteiger partial charge in [0.1, 0.15) is 0 Å². The molecule has 1 N–H and O–H groups in total. The van der Waals surface area contributed by atoms with Gasteiger partial charge in [0, 0.05) is 13.1 Å². The lowest BCUT2D eigenvalue weighted by Crippen LogP contribution is -2.44. The van der Waals surface area contributed by atoms with Crippen molar-refractivity contribution in [1.82, 2.24) is 10.2 Å². The van der Waals surface area contributed by atoms with E-state index < -0.39 is 0 Å². The predicted octanol–water partition coefficient (Wildman–Crippen LogP) is 0.398. The third-order valence-electron chi connectivity index (χ3n) is 2.87. The number of amides is 1. The highest BCUT2D eigenvalue weighted by Crippen LogP contribution is 2.17. The molecule has 1 fully saturated rings. The Hall–Kier alpha value is -1.10. The van der Waals surface area contributed by atoms with E-state index in [1.54, 1.807) is 0 Å². The average Bonchev–Trinajstić information content (AvgIpc) is 2.30. The summed E-state index contributed by atoms with van der Waals surface area (Å²) in [4.78, 5) is 25.1. The Kier molecular flexibility index (Phi) is 5.97. The van der Waals surface area contributed by atoms with Crippen molar-refractivity contribution < 1.29 is 14.3 Å². The van der Waals surface area contributed by atoms with Gasteiger partial charge in [-0.3, -0.25) is 14.5 Å². The zero-order valence-electron chi connectivity index (χ0n) is 10.7. The van der Waals surface area contributed by atoms with E-state index in [1.807, 2.05) is 18.7 Å². The van der Waals surface area contributed by atoms with E-state index in [1.165, 1.54) is 0 Å². The first-order valence-corrected chi connectivity index (χ1v) is 6.33. The van der Waals surface area contributed by atoms with Gasteiger partial charge in [-0.05, 0) is 33.2 Å². The number of rotatable bonds is 5. The number of likely N-dealkylation sites (tertiary alicyclic amines) is 1. The summed E-state index contributed by atoms with van der Waals surface area (Å²) in [5.41, 5.74) is 0. The number of piperidine rings is 1. The van der Waals surface area contributed by atoms with Crippen molar-refractivity contribution in [3.63, 3.8) is 0 Å². The SMILES string of the molecule is CCNC(=O)CN1CCC[C@@H](C(=O)OCC)C1. The highest BCUT2D eigenvalue weighted by atomic mass is 16.5. The van der Waals surface area contributed by atoms with Gasteiger partial charge >= 0.3 is 5.97 Å². The smallest absolute Gasteiger partial charge is 0.310 e. The van der Waals surface area contributed by atoms with E-state index in [2.05, 4.69) is 5.32 Å². The first kappa shape index (κ1) is 14.0. The molecule has 5 nitrogen and oxygen atoms in total. The van der Waals surface area contributed by atoms with E-state index in [9.17, 15) is 9.59 Å². The largest absolute Gasteiger partial charge is 0.466 e. The molecule has 0 spiro atoms. The third kappa shape index (κ3) is 4.73. The summed E-state index contributed by atoms with van der Waals surface area (Å²) in [5.74, 6) is -0.178. The molecule has 17 heavy (non-hydrogen) atoms. The van der Waals surface area contributed by atoms with Gasteiger partial charge < -0.3 is 10.1 Å².